The Hall–Kier alpha value is -3.29. The molecule has 2 aromatic carbocycles. The summed E-state index contributed by atoms with van der Waals surface area (Å²) in [5.41, 5.74) is 0.372. The van der Waals surface area contributed by atoms with Gasteiger partial charge >= 0.3 is 5.97 Å². The van der Waals surface area contributed by atoms with Crippen molar-refractivity contribution in [3.8, 4) is 0 Å². The van der Waals surface area contributed by atoms with Crippen LogP contribution in [0.1, 0.15) is 27.1 Å². The molecule has 0 radical (unpaired) electrons. The number of hydrogen-bond acceptors (Lipinski definition) is 4. The van der Waals surface area contributed by atoms with E-state index in [-0.39, 0.29) is 24.1 Å². The lowest BCUT2D eigenvalue weighted by atomic mass is 10.2. The zero-order valence-corrected chi connectivity index (χ0v) is 13.8. The van der Waals surface area contributed by atoms with Crippen LogP contribution < -0.4 is 10.6 Å². The van der Waals surface area contributed by atoms with E-state index < -0.39 is 29.4 Å². The van der Waals surface area contributed by atoms with Gasteiger partial charge in [-0.3, -0.25) is 9.59 Å². The normalized spacial score (nSPS) is 10.1. The van der Waals surface area contributed by atoms with Crippen LogP contribution in [0.15, 0.2) is 42.5 Å². The quantitative estimate of drug-likeness (QED) is 0.774. The summed E-state index contributed by atoms with van der Waals surface area (Å²) >= 11 is 0. The second-order valence-corrected chi connectivity index (χ2v) is 5.25. The summed E-state index contributed by atoms with van der Waals surface area (Å²) < 4.78 is 30.9. The Morgan fingerprint density at radius 1 is 1.08 bits per heavy atom. The molecule has 0 bridgehead atoms. The van der Waals surface area contributed by atoms with Gasteiger partial charge in [0.15, 0.2) is 0 Å². The molecule has 0 saturated carbocycles. The van der Waals surface area contributed by atoms with Crippen molar-refractivity contribution in [3.63, 3.8) is 0 Å². The number of benzene rings is 2. The Bertz CT molecular complexity index is 840. The molecule has 2 N–H and O–H groups in total. The van der Waals surface area contributed by atoms with Crippen LogP contribution in [0.4, 0.5) is 14.5 Å². The Labute approximate surface area is 148 Å². The molecule has 2 amide bonds. The third kappa shape index (κ3) is 5.10. The lowest BCUT2D eigenvalue weighted by molar-refractivity contribution is -0.116. The van der Waals surface area contributed by atoms with Crippen molar-refractivity contribution in [1.82, 2.24) is 5.32 Å². The molecule has 2 rings (SSSR count). The molecule has 0 aliphatic heterocycles. The van der Waals surface area contributed by atoms with E-state index in [1.807, 2.05) is 0 Å². The van der Waals surface area contributed by atoms with Crippen LogP contribution in [0, 0.1) is 11.6 Å². The number of ether oxygens (including phenoxy) is 1. The maximum atomic E-state index is 13.5. The summed E-state index contributed by atoms with van der Waals surface area (Å²) in [6, 6.07) is 8.78. The minimum Gasteiger partial charge on any atom is -0.465 e. The molecule has 2 aromatic rings. The number of halogens is 2. The Morgan fingerprint density at radius 3 is 2.54 bits per heavy atom. The number of amides is 2. The summed E-state index contributed by atoms with van der Waals surface area (Å²) in [7, 11) is 1.25. The third-order valence-electron chi connectivity index (χ3n) is 3.38. The van der Waals surface area contributed by atoms with Crippen molar-refractivity contribution in [2.75, 3.05) is 19.0 Å². The number of anilines is 1. The van der Waals surface area contributed by atoms with Crippen molar-refractivity contribution in [2.45, 2.75) is 6.42 Å². The molecule has 0 aliphatic rings. The summed E-state index contributed by atoms with van der Waals surface area (Å²) in [6.45, 7) is -0.0435. The molecule has 6 nitrogen and oxygen atoms in total. The van der Waals surface area contributed by atoms with Crippen LogP contribution >= 0.6 is 0 Å². The van der Waals surface area contributed by atoms with Gasteiger partial charge in [0.05, 0.1) is 18.2 Å². The van der Waals surface area contributed by atoms with E-state index in [4.69, 9.17) is 0 Å². The van der Waals surface area contributed by atoms with Gasteiger partial charge in [0.1, 0.15) is 11.6 Å². The van der Waals surface area contributed by atoms with Gasteiger partial charge < -0.3 is 15.4 Å². The molecule has 0 unspecified atom stereocenters. The van der Waals surface area contributed by atoms with Crippen LogP contribution in [0.25, 0.3) is 0 Å². The highest BCUT2D eigenvalue weighted by molar-refractivity contribution is 5.96. The number of hydrogen-bond donors (Lipinski definition) is 2. The first-order chi connectivity index (χ1) is 12.4. The number of esters is 1. The Balaban J connectivity index is 1.85. The molecule has 0 aromatic heterocycles. The number of carbonyl (C=O) groups excluding carboxylic acids is 3. The minimum absolute atomic E-state index is 0.0435. The van der Waals surface area contributed by atoms with Gasteiger partial charge in [-0.2, -0.15) is 0 Å². The predicted molar refractivity (Wildman–Crippen MR) is 89.7 cm³/mol. The SMILES string of the molecule is COC(=O)c1cccc(NC(=O)CCNC(=O)c2ccc(F)cc2F)c1. The fraction of sp³-hybridized carbons (Fsp3) is 0.167. The highest BCUT2D eigenvalue weighted by Gasteiger charge is 2.13. The van der Waals surface area contributed by atoms with Gasteiger partial charge in [0, 0.05) is 24.7 Å². The molecule has 136 valence electrons. The average Bonchev–Trinajstić information content (AvgIpc) is 2.61. The summed E-state index contributed by atoms with van der Waals surface area (Å²) in [5, 5.41) is 4.95. The van der Waals surface area contributed by atoms with Gasteiger partial charge in [0.2, 0.25) is 5.91 Å². The molecule has 26 heavy (non-hydrogen) atoms. The van der Waals surface area contributed by atoms with E-state index in [1.54, 1.807) is 18.2 Å². The standard InChI is InChI=1S/C18H16F2N2O4/c1-26-18(25)11-3-2-4-13(9-11)22-16(23)7-8-21-17(24)14-6-5-12(19)10-15(14)20/h2-6,9-10H,7-8H2,1H3,(H,21,24)(H,22,23). The fourth-order valence-electron chi connectivity index (χ4n) is 2.12. The fourth-order valence-corrected chi connectivity index (χ4v) is 2.12. The Kier molecular flexibility index (Phi) is 6.37. The van der Waals surface area contributed by atoms with Crippen LogP contribution in [-0.2, 0) is 9.53 Å². The van der Waals surface area contributed by atoms with Gasteiger partial charge in [-0.15, -0.1) is 0 Å². The van der Waals surface area contributed by atoms with Gasteiger partial charge in [0.25, 0.3) is 5.91 Å². The van der Waals surface area contributed by atoms with Crippen LogP contribution in [0.3, 0.4) is 0 Å². The van der Waals surface area contributed by atoms with Crippen molar-refractivity contribution < 1.29 is 27.9 Å². The molecule has 0 spiro atoms. The number of nitrogens with one attached hydrogen (secondary N) is 2. The lowest BCUT2D eigenvalue weighted by Gasteiger charge is -2.08. The van der Waals surface area contributed by atoms with Gasteiger partial charge in [-0.1, -0.05) is 6.07 Å². The first kappa shape index (κ1) is 19.0. The predicted octanol–water partition coefficient (Wildman–Crippen LogP) is 2.51. The largest absolute Gasteiger partial charge is 0.465 e. The molecular formula is C18H16F2N2O4. The molecule has 0 fully saturated rings. The summed E-state index contributed by atoms with van der Waals surface area (Å²) in [4.78, 5) is 35.1. The molecule has 0 saturated heterocycles. The number of rotatable bonds is 6. The number of methoxy groups -OCH3 is 1. The molecule has 0 heterocycles. The third-order valence-corrected chi connectivity index (χ3v) is 3.38. The topological polar surface area (TPSA) is 84.5 Å². The summed E-state index contributed by atoms with van der Waals surface area (Å²) in [6.07, 6.45) is -0.0724. The Morgan fingerprint density at radius 2 is 1.85 bits per heavy atom. The maximum Gasteiger partial charge on any atom is 0.337 e. The van der Waals surface area contributed by atoms with Gasteiger partial charge in [-0.25, -0.2) is 13.6 Å². The smallest absolute Gasteiger partial charge is 0.337 e. The van der Waals surface area contributed by atoms with Crippen LogP contribution in [0.5, 0.6) is 0 Å². The zero-order valence-electron chi connectivity index (χ0n) is 13.8. The molecule has 0 aliphatic carbocycles. The van der Waals surface area contributed by atoms with Gasteiger partial charge in [-0.05, 0) is 30.3 Å². The van der Waals surface area contributed by atoms with E-state index in [9.17, 15) is 23.2 Å². The van der Waals surface area contributed by atoms with Crippen molar-refractivity contribution in [1.29, 1.82) is 0 Å². The van der Waals surface area contributed by atoms with E-state index >= 15 is 0 Å². The van der Waals surface area contributed by atoms with Crippen LogP contribution in [0.2, 0.25) is 0 Å². The molecular weight excluding hydrogens is 346 g/mol. The van der Waals surface area contributed by atoms with E-state index in [0.29, 0.717) is 11.8 Å². The lowest BCUT2D eigenvalue weighted by Crippen LogP contribution is -2.28. The summed E-state index contributed by atoms with van der Waals surface area (Å²) in [5.74, 6) is -3.45. The highest BCUT2D eigenvalue weighted by Crippen LogP contribution is 2.12. The van der Waals surface area contributed by atoms with E-state index in [0.717, 1.165) is 12.1 Å². The minimum atomic E-state index is -0.980. The van der Waals surface area contributed by atoms with Crippen molar-refractivity contribution >= 4 is 23.5 Å². The average molecular weight is 362 g/mol. The van der Waals surface area contributed by atoms with Crippen molar-refractivity contribution in [3.05, 3.63) is 65.2 Å². The molecule has 8 heteroatoms. The van der Waals surface area contributed by atoms with Crippen LogP contribution in [-0.4, -0.2) is 31.4 Å². The maximum absolute atomic E-state index is 13.5. The van der Waals surface area contributed by atoms with E-state index in [1.165, 1.54) is 13.2 Å². The second kappa shape index (κ2) is 8.70. The van der Waals surface area contributed by atoms with Crippen molar-refractivity contribution in [2.24, 2.45) is 0 Å². The first-order valence-corrected chi connectivity index (χ1v) is 7.62. The zero-order chi connectivity index (χ0) is 19.1. The molecule has 0 atom stereocenters. The highest BCUT2D eigenvalue weighted by atomic mass is 19.1. The first-order valence-electron chi connectivity index (χ1n) is 7.62. The van der Waals surface area contributed by atoms with E-state index in [2.05, 4.69) is 15.4 Å². The second-order valence-electron chi connectivity index (χ2n) is 5.25. The number of carbonyl (C=O) groups is 3. The monoisotopic (exact) mass is 362 g/mol.